The average molecular weight is 385 g/mol. The number of thioether (sulfide) groups is 2. The molecule has 0 aliphatic carbocycles. The number of fused-ring (bicyclic) bond motifs is 2. The van der Waals surface area contributed by atoms with Crippen molar-refractivity contribution in [3.05, 3.63) is 71.3 Å². The minimum atomic E-state index is -0.235. The first kappa shape index (κ1) is 15.5. The summed E-state index contributed by atoms with van der Waals surface area (Å²) in [6.45, 7) is 0. The van der Waals surface area contributed by atoms with Crippen LogP contribution in [-0.2, 0) is 4.08 Å². The van der Waals surface area contributed by atoms with E-state index in [9.17, 15) is 0 Å². The van der Waals surface area contributed by atoms with Crippen LogP contribution in [0.15, 0.2) is 54.9 Å². The monoisotopic (exact) mass is 384 g/mol. The highest BCUT2D eigenvalue weighted by Crippen LogP contribution is 2.56. The van der Waals surface area contributed by atoms with Crippen molar-refractivity contribution in [3.63, 3.8) is 0 Å². The maximum absolute atomic E-state index is 6.14. The SMILES string of the molecule is Clc1ccc2ncc(C3(c4ccc5ncccc5c4)SCCS3)n2n1. The van der Waals surface area contributed by atoms with E-state index in [1.807, 2.05) is 52.6 Å². The van der Waals surface area contributed by atoms with Crippen molar-refractivity contribution in [3.8, 4) is 0 Å². The van der Waals surface area contributed by atoms with E-state index in [0.29, 0.717) is 5.15 Å². The first-order valence-corrected chi connectivity index (χ1v) is 10.3. The van der Waals surface area contributed by atoms with Crippen LogP contribution < -0.4 is 0 Å². The number of aromatic nitrogens is 4. The zero-order valence-corrected chi connectivity index (χ0v) is 15.5. The topological polar surface area (TPSA) is 43.1 Å². The molecule has 4 nitrogen and oxygen atoms in total. The molecule has 1 aliphatic rings. The van der Waals surface area contributed by atoms with E-state index in [1.165, 1.54) is 5.56 Å². The first-order chi connectivity index (χ1) is 12.3. The summed E-state index contributed by atoms with van der Waals surface area (Å²) in [5.41, 5.74) is 4.12. The first-order valence-electron chi connectivity index (χ1n) is 7.90. The van der Waals surface area contributed by atoms with Gasteiger partial charge in [-0.3, -0.25) is 4.98 Å². The van der Waals surface area contributed by atoms with Crippen LogP contribution in [0.2, 0.25) is 5.15 Å². The van der Waals surface area contributed by atoms with Crippen LogP contribution in [0.4, 0.5) is 0 Å². The molecule has 0 saturated carbocycles. The lowest BCUT2D eigenvalue weighted by molar-refractivity contribution is 0.845. The summed E-state index contributed by atoms with van der Waals surface area (Å²) in [4.78, 5) is 8.98. The predicted octanol–water partition coefficient (Wildman–Crippen LogP) is 4.61. The van der Waals surface area contributed by atoms with Gasteiger partial charge in [-0.15, -0.1) is 23.5 Å². The third kappa shape index (κ3) is 2.43. The van der Waals surface area contributed by atoms with Gasteiger partial charge in [0.15, 0.2) is 5.65 Å². The van der Waals surface area contributed by atoms with E-state index < -0.39 is 0 Å². The molecule has 0 unspecified atom stereocenters. The van der Waals surface area contributed by atoms with Crippen molar-refractivity contribution in [2.45, 2.75) is 4.08 Å². The second-order valence-electron chi connectivity index (χ2n) is 5.79. The quantitative estimate of drug-likeness (QED) is 0.504. The Bertz CT molecular complexity index is 1090. The van der Waals surface area contributed by atoms with Gasteiger partial charge in [-0.25, -0.2) is 9.50 Å². The molecule has 25 heavy (non-hydrogen) atoms. The lowest BCUT2D eigenvalue weighted by atomic mass is 10.1. The predicted molar refractivity (Wildman–Crippen MR) is 105 cm³/mol. The van der Waals surface area contributed by atoms with Crippen LogP contribution >= 0.6 is 35.1 Å². The van der Waals surface area contributed by atoms with Crippen LogP contribution in [-0.4, -0.2) is 31.1 Å². The molecule has 1 saturated heterocycles. The van der Waals surface area contributed by atoms with E-state index in [1.54, 1.807) is 6.07 Å². The zero-order chi connectivity index (χ0) is 16.9. The number of nitrogens with zero attached hydrogens (tertiary/aromatic N) is 4. The average Bonchev–Trinajstić information content (AvgIpc) is 3.28. The standard InChI is InChI=1S/C18H13ClN4S2/c19-16-5-6-17-21-11-15(23(17)22-16)18(24-8-9-25-18)13-3-4-14-12(10-13)2-1-7-20-14/h1-7,10-11H,8-9H2. The lowest BCUT2D eigenvalue weighted by Gasteiger charge is -2.27. The van der Waals surface area contributed by atoms with Gasteiger partial charge in [0.25, 0.3) is 0 Å². The molecule has 1 aromatic carbocycles. The molecule has 0 spiro atoms. The van der Waals surface area contributed by atoms with Gasteiger partial charge in [0.05, 0.1) is 17.4 Å². The molecule has 124 valence electrons. The highest BCUT2D eigenvalue weighted by molar-refractivity contribution is 8.20. The summed E-state index contributed by atoms with van der Waals surface area (Å²) in [6, 6.07) is 14.3. The molecule has 0 amide bonds. The Labute approximate surface area is 158 Å². The molecule has 0 radical (unpaired) electrons. The Morgan fingerprint density at radius 3 is 2.80 bits per heavy atom. The minimum Gasteiger partial charge on any atom is -0.256 e. The van der Waals surface area contributed by atoms with E-state index in [4.69, 9.17) is 11.6 Å². The number of rotatable bonds is 2. The number of halogens is 1. The van der Waals surface area contributed by atoms with Crippen molar-refractivity contribution >= 4 is 51.7 Å². The Morgan fingerprint density at radius 1 is 1.04 bits per heavy atom. The van der Waals surface area contributed by atoms with Gasteiger partial charge in [0, 0.05) is 23.1 Å². The molecule has 5 rings (SSSR count). The fraction of sp³-hybridized carbons (Fsp3) is 0.167. The fourth-order valence-electron chi connectivity index (χ4n) is 3.23. The van der Waals surface area contributed by atoms with Gasteiger partial charge in [0.2, 0.25) is 0 Å². The van der Waals surface area contributed by atoms with Gasteiger partial charge in [0.1, 0.15) is 9.23 Å². The van der Waals surface area contributed by atoms with E-state index in [2.05, 4.69) is 39.3 Å². The molecule has 1 fully saturated rings. The third-order valence-corrected chi connectivity index (χ3v) is 8.03. The normalized spacial score (nSPS) is 16.7. The largest absolute Gasteiger partial charge is 0.256 e. The Hall–Kier alpha value is -1.76. The number of hydrogen-bond acceptors (Lipinski definition) is 5. The molecule has 4 aromatic rings. The lowest BCUT2D eigenvalue weighted by Crippen LogP contribution is -2.20. The van der Waals surface area contributed by atoms with Crippen LogP contribution in [0.5, 0.6) is 0 Å². The van der Waals surface area contributed by atoms with E-state index in [0.717, 1.165) is 33.7 Å². The van der Waals surface area contributed by atoms with Crippen LogP contribution in [0, 0.1) is 0 Å². The molecule has 3 aromatic heterocycles. The van der Waals surface area contributed by atoms with Crippen molar-refractivity contribution in [2.75, 3.05) is 11.5 Å². The smallest absolute Gasteiger partial charge is 0.153 e. The van der Waals surface area contributed by atoms with Crippen LogP contribution in [0.25, 0.3) is 16.6 Å². The molecule has 1 aliphatic heterocycles. The zero-order valence-electron chi connectivity index (χ0n) is 13.1. The molecule has 0 atom stereocenters. The second kappa shape index (κ2) is 5.90. The van der Waals surface area contributed by atoms with Crippen LogP contribution in [0.1, 0.15) is 11.3 Å². The second-order valence-corrected chi connectivity index (χ2v) is 9.06. The Morgan fingerprint density at radius 2 is 1.92 bits per heavy atom. The van der Waals surface area contributed by atoms with Crippen molar-refractivity contribution in [1.82, 2.24) is 19.6 Å². The summed E-state index contributed by atoms with van der Waals surface area (Å²) in [7, 11) is 0. The number of benzene rings is 1. The molecular formula is C18H13ClN4S2. The van der Waals surface area contributed by atoms with Gasteiger partial charge in [-0.1, -0.05) is 23.7 Å². The maximum Gasteiger partial charge on any atom is 0.153 e. The Balaban J connectivity index is 1.76. The van der Waals surface area contributed by atoms with Crippen molar-refractivity contribution in [2.24, 2.45) is 0 Å². The summed E-state index contributed by atoms with van der Waals surface area (Å²) in [5.74, 6) is 2.17. The Kier molecular flexibility index (Phi) is 3.66. The summed E-state index contributed by atoms with van der Waals surface area (Å²) in [5, 5.41) is 6.11. The number of hydrogen-bond donors (Lipinski definition) is 0. The van der Waals surface area contributed by atoms with E-state index in [-0.39, 0.29) is 4.08 Å². The fourth-order valence-corrected chi connectivity index (χ4v) is 6.61. The van der Waals surface area contributed by atoms with E-state index >= 15 is 0 Å². The highest BCUT2D eigenvalue weighted by atomic mass is 35.5. The minimum absolute atomic E-state index is 0.235. The number of pyridine rings is 1. The van der Waals surface area contributed by atoms with Gasteiger partial charge in [-0.05, 0) is 35.9 Å². The van der Waals surface area contributed by atoms with Crippen LogP contribution in [0.3, 0.4) is 0 Å². The molecule has 7 heteroatoms. The summed E-state index contributed by atoms with van der Waals surface area (Å²) < 4.78 is 1.64. The van der Waals surface area contributed by atoms with Crippen molar-refractivity contribution < 1.29 is 0 Å². The highest BCUT2D eigenvalue weighted by Gasteiger charge is 2.42. The molecule has 0 bridgehead atoms. The van der Waals surface area contributed by atoms with Gasteiger partial charge < -0.3 is 0 Å². The third-order valence-electron chi connectivity index (χ3n) is 4.34. The molecular weight excluding hydrogens is 372 g/mol. The number of imidazole rings is 1. The molecule has 0 N–H and O–H groups in total. The van der Waals surface area contributed by atoms with Crippen molar-refractivity contribution in [1.29, 1.82) is 0 Å². The van der Waals surface area contributed by atoms with Gasteiger partial charge in [-0.2, -0.15) is 5.10 Å². The molecule has 4 heterocycles. The van der Waals surface area contributed by atoms with Gasteiger partial charge >= 0.3 is 0 Å². The summed E-state index contributed by atoms with van der Waals surface area (Å²) >= 11 is 10.00. The maximum atomic E-state index is 6.14. The summed E-state index contributed by atoms with van der Waals surface area (Å²) in [6.07, 6.45) is 3.75.